The number of hydrogen-bond acceptors (Lipinski definition) is 5. The highest BCUT2D eigenvalue weighted by Crippen LogP contribution is 2.39. The third-order valence-electron chi connectivity index (χ3n) is 8.92. The molecular formula is C45H30N4O. The van der Waals surface area contributed by atoms with E-state index in [1.165, 1.54) is 0 Å². The number of para-hydroxylation sites is 3. The number of benzene rings is 7. The molecule has 2 aromatic heterocycles. The van der Waals surface area contributed by atoms with E-state index in [-0.39, 0.29) is 0 Å². The van der Waals surface area contributed by atoms with Crippen molar-refractivity contribution in [3.8, 4) is 45.3 Å². The molecule has 0 aliphatic carbocycles. The van der Waals surface area contributed by atoms with Crippen LogP contribution in [0.5, 0.6) is 0 Å². The molecule has 0 fully saturated rings. The van der Waals surface area contributed by atoms with E-state index in [1.807, 2.05) is 78.9 Å². The molecule has 9 aromatic rings. The minimum absolute atomic E-state index is 0.595. The number of furan rings is 1. The average molecular weight is 643 g/mol. The lowest BCUT2D eigenvalue weighted by Gasteiger charge is -2.25. The summed E-state index contributed by atoms with van der Waals surface area (Å²) in [4.78, 5) is 17.0. The summed E-state index contributed by atoms with van der Waals surface area (Å²) in [6.07, 6.45) is 0. The molecule has 0 aliphatic rings. The fraction of sp³-hybridized carbons (Fsp3) is 0. The third-order valence-corrected chi connectivity index (χ3v) is 8.92. The summed E-state index contributed by atoms with van der Waals surface area (Å²) in [7, 11) is 0. The van der Waals surface area contributed by atoms with Gasteiger partial charge in [-0.15, -0.1) is 0 Å². The minimum Gasteiger partial charge on any atom is -0.455 e. The van der Waals surface area contributed by atoms with Gasteiger partial charge in [-0.2, -0.15) is 0 Å². The van der Waals surface area contributed by atoms with Crippen molar-refractivity contribution < 1.29 is 4.42 Å². The molecule has 0 saturated carbocycles. The van der Waals surface area contributed by atoms with E-state index < -0.39 is 0 Å². The zero-order valence-electron chi connectivity index (χ0n) is 27.0. The van der Waals surface area contributed by atoms with E-state index in [0.717, 1.165) is 66.8 Å². The summed E-state index contributed by atoms with van der Waals surface area (Å²) in [6.45, 7) is 0. The Balaban J connectivity index is 1.11. The van der Waals surface area contributed by atoms with E-state index in [0.29, 0.717) is 17.5 Å². The highest BCUT2D eigenvalue weighted by molar-refractivity contribution is 6.10. The number of nitrogens with zero attached hydrogens (tertiary/aromatic N) is 4. The minimum atomic E-state index is 0.595. The Labute approximate surface area is 289 Å². The van der Waals surface area contributed by atoms with E-state index in [2.05, 4.69) is 108 Å². The molecule has 5 nitrogen and oxygen atoms in total. The smallest absolute Gasteiger partial charge is 0.164 e. The van der Waals surface area contributed by atoms with Gasteiger partial charge in [0.15, 0.2) is 17.5 Å². The highest BCUT2D eigenvalue weighted by atomic mass is 16.3. The topological polar surface area (TPSA) is 55.1 Å². The molecule has 0 aliphatic heterocycles. The first-order valence-electron chi connectivity index (χ1n) is 16.6. The predicted octanol–water partition coefficient (Wildman–Crippen LogP) is 11.9. The van der Waals surface area contributed by atoms with Crippen molar-refractivity contribution in [3.05, 3.63) is 182 Å². The number of rotatable bonds is 7. The van der Waals surface area contributed by atoms with E-state index in [9.17, 15) is 0 Å². The van der Waals surface area contributed by atoms with Crippen LogP contribution in [0.3, 0.4) is 0 Å². The second-order valence-electron chi connectivity index (χ2n) is 12.1. The molecule has 0 saturated heterocycles. The van der Waals surface area contributed by atoms with Crippen LogP contribution in [-0.2, 0) is 0 Å². The van der Waals surface area contributed by atoms with Crippen LogP contribution in [0.2, 0.25) is 0 Å². The van der Waals surface area contributed by atoms with E-state index in [1.54, 1.807) is 0 Å². The Kier molecular flexibility index (Phi) is 7.41. The Morgan fingerprint density at radius 3 is 1.40 bits per heavy atom. The zero-order valence-corrected chi connectivity index (χ0v) is 27.0. The maximum atomic E-state index is 6.66. The zero-order chi connectivity index (χ0) is 33.3. The summed E-state index contributed by atoms with van der Waals surface area (Å²) >= 11 is 0. The predicted molar refractivity (Wildman–Crippen MR) is 204 cm³/mol. The molecule has 0 radical (unpaired) electrons. The Hall–Kier alpha value is -6.85. The van der Waals surface area contributed by atoms with Crippen molar-refractivity contribution >= 4 is 39.0 Å². The standard InChI is InChI=1S/C45H30N4O/c1-5-14-32(15-6-1)43-46-44(33-16-7-2-8-17-33)48-45(47-43)34-26-29-39-40-23-13-22-38(42(40)50-41(39)30-34)31-24-27-37(28-25-31)49(35-18-9-3-10-19-35)36-20-11-4-12-21-36/h1-30H. The normalized spacial score (nSPS) is 11.2. The van der Waals surface area contributed by atoms with Crippen molar-refractivity contribution in [3.63, 3.8) is 0 Å². The highest BCUT2D eigenvalue weighted by Gasteiger charge is 2.17. The van der Waals surface area contributed by atoms with Crippen LogP contribution in [0.1, 0.15) is 0 Å². The summed E-state index contributed by atoms with van der Waals surface area (Å²) in [6, 6.07) is 62.2. The van der Waals surface area contributed by atoms with Crippen LogP contribution < -0.4 is 4.90 Å². The third kappa shape index (κ3) is 5.47. The molecule has 0 bridgehead atoms. The van der Waals surface area contributed by atoms with Crippen molar-refractivity contribution in [1.82, 2.24) is 15.0 Å². The van der Waals surface area contributed by atoms with Gasteiger partial charge in [-0.3, -0.25) is 0 Å². The van der Waals surface area contributed by atoms with E-state index in [4.69, 9.17) is 19.4 Å². The van der Waals surface area contributed by atoms with Crippen molar-refractivity contribution in [2.45, 2.75) is 0 Å². The summed E-state index contributed by atoms with van der Waals surface area (Å²) in [5.41, 5.74) is 9.76. The van der Waals surface area contributed by atoms with Crippen molar-refractivity contribution in [2.24, 2.45) is 0 Å². The van der Waals surface area contributed by atoms with Gasteiger partial charge in [-0.1, -0.05) is 133 Å². The lowest BCUT2D eigenvalue weighted by molar-refractivity contribution is 0.670. The first-order valence-corrected chi connectivity index (χ1v) is 16.6. The van der Waals surface area contributed by atoms with Gasteiger partial charge in [0.05, 0.1) is 0 Å². The summed E-state index contributed by atoms with van der Waals surface area (Å²) in [5.74, 6) is 1.85. The molecule has 50 heavy (non-hydrogen) atoms. The number of fused-ring (bicyclic) bond motifs is 3. The molecule has 5 heteroatoms. The largest absolute Gasteiger partial charge is 0.455 e. The number of anilines is 3. The van der Waals surface area contributed by atoms with Gasteiger partial charge < -0.3 is 9.32 Å². The fourth-order valence-corrected chi connectivity index (χ4v) is 6.49. The van der Waals surface area contributed by atoms with Crippen LogP contribution in [0.15, 0.2) is 186 Å². The maximum Gasteiger partial charge on any atom is 0.164 e. The van der Waals surface area contributed by atoms with Gasteiger partial charge in [0.25, 0.3) is 0 Å². The van der Waals surface area contributed by atoms with Gasteiger partial charge >= 0.3 is 0 Å². The van der Waals surface area contributed by atoms with Gasteiger partial charge in [0.2, 0.25) is 0 Å². The molecule has 9 rings (SSSR count). The molecule has 0 unspecified atom stereocenters. The van der Waals surface area contributed by atoms with Crippen LogP contribution in [-0.4, -0.2) is 15.0 Å². The average Bonchev–Trinajstić information content (AvgIpc) is 3.58. The Morgan fingerprint density at radius 2 is 0.840 bits per heavy atom. The van der Waals surface area contributed by atoms with Crippen molar-refractivity contribution in [1.29, 1.82) is 0 Å². The SMILES string of the molecule is c1ccc(-c2nc(-c3ccccc3)nc(-c3ccc4c(c3)oc3c(-c5ccc(N(c6ccccc6)c6ccccc6)cc5)cccc34)n2)cc1. The van der Waals surface area contributed by atoms with Crippen molar-refractivity contribution in [2.75, 3.05) is 4.90 Å². The molecule has 0 amide bonds. The second-order valence-corrected chi connectivity index (χ2v) is 12.1. The van der Waals surface area contributed by atoms with Gasteiger partial charge in [0.1, 0.15) is 11.2 Å². The van der Waals surface area contributed by atoms with Crippen LogP contribution in [0.4, 0.5) is 17.1 Å². The number of hydrogen-bond donors (Lipinski definition) is 0. The fourth-order valence-electron chi connectivity index (χ4n) is 6.49. The molecular weight excluding hydrogens is 613 g/mol. The van der Waals surface area contributed by atoms with Crippen LogP contribution in [0.25, 0.3) is 67.2 Å². The monoisotopic (exact) mass is 642 g/mol. The molecule has 236 valence electrons. The van der Waals surface area contributed by atoms with Crippen LogP contribution in [0, 0.1) is 0 Å². The first-order chi connectivity index (χ1) is 24.8. The lowest BCUT2D eigenvalue weighted by atomic mass is 10.0. The second kappa shape index (κ2) is 12.6. The van der Waals surface area contributed by atoms with Gasteiger partial charge in [0, 0.05) is 50.1 Å². The van der Waals surface area contributed by atoms with Gasteiger partial charge in [-0.05, 0) is 54.1 Å². The van der Waals surface area contributed by atoms with Gasteiger partial charge in [-0.25, -0.2) is 15.0 Å². The summed E-state index contributed by atoms with van der Waals surface area (Å²) < 4.78 is 6.66. The summed E-state index contributed by atoms with van der Waals surface area (Å²) in [5, 5.41) is 2.11. The van der Waals surface area contributed by atoms with Crippen LogP contribution >= 0.6 is 0 Å². The Morgan fingerprint density at radius 1 is 0.360 bits per heavy atom. The lowest BCUT2D eigenvalue weighted by Crippen LogP contribution is -2.09. The molecule has 0 N–H and O–H groups in total. The molecule has 2 heterocycles. The molecule has 0 atom stereocenters. The number of aromatic nitrogens is 3. The molecule has 7 aromatic carbocycles. The maximum absolute atomic E-state index is 6.66. The molecule has 0 spiro atoms. The first kappa shape index (κ1) is 29.3. The Bertz CT molecular complexity index is 2470. The quantitative estimate of drug-likeness (QED) is 0.173. The van der Waals surface area contributed by atoms with E-state index >= 15 is 0 Å².